The highest BCUT2D eigenvalue weighted by molar-refractivity contribution is 7.16. The predicted octanol–water partition coefficient (Wildman–Crippen LogP) is 3.82. The Hall–Kier alpha value is -3.48. The summed E-state index contributed by atoms with van der Waals surface area (Å²) in [6, 6.07) is 8.48. The molecule has 1 heterocycles. The lowest BCUT2D eigenvalue weighted by Crippen LogP contribution is -2.16. The summed E-state index contributed by atoms with van der Waals surface area (Å²) in [5.41, 5.74) is 0.674. The molecular weight excluding hydrogens is 430 g/mol. The van der Waals surface area contributed by atoms with Gasteiger partial charge in [-0.3, -0.25) is 14.9 Å². The van der Waals surface area contributed by atoms with Gasteiger partial charge >= 0.3 is 5.97 Å². The zero-order valence-electron chi connectivity index (χ0n) is 15.6. The van der Waals surface area contributed by atoms with Crippen molar-refractivity contribution in [2.75, 3.05) is 6.61 Å². The molecule has 10 heteroatoms. The normalized spacial score (nSPS) is 11.3. The highest BCUT2D eigenvalue weighted by atomic mass is 35.5. The van der Waals surface area contributed by atoms with E-state index in [4.69, 9.17) is 22.8 Å². The summed E-state index contributed by atoms with van der Waals surface area (Å²) in [7, 11) is 0. The quantitative estimate of drug-likeness (QED) is 0.258. The third-order valence-corrected chi connectivity index (χ3v) is 5.40. The number of terminal acetylenes is 1. The molecule has 0 saturated heterocycles. The summed E-state index contributed by atoms with van der Waals surface area (Å²) in [6.45, 7) is 2.09. The molecule has 0 bridgehead atoms. The van der Waals surface area contributed by atoms with E-state index in [9.17, 15) is 19.7 Å². The topological polar surface area (TPSA) is 104 Å². The van der Waals surface area contributed by atoms with Crippen LogP contribution in [0.4, 0.5) is 5.69 Å². The molecule has 0 N–H and O–H groups in total. The van der Waals surface area contributed by atoms with Gasteiger partial charge in [-0.2, -0.15) is 4.99 Å². The highest BCUT2D eigenvalue weighted by Crippen LogP contribution is 2.24. The van der Waals surface area contributed by atoms with Crippen LogP contribution in [0.5, 0.6) is 0 Å². The average Bonchev–Trinajstić information content (AvgIpc) is 3.04. The first-order chi connectivity index (χ1) is 14.3. The number of hydrogen-bond acceptors (Lipinski definition) is 6. The van der Waals surface area contributed by atoms with E-state index in [-0.39, 0.29) is 34.2 Å². The van der Waals surface area contributed by atoms with Crippen LogP contribution >= 0.6 is 22.9 Å². The lowest BCUT2D eigenvalue weighted by Gasteiger charge is -2.03. The molecule has 152 valence electrons. The molecule has 0 aliphatic carbocycles. The molecule has 0 spiro atoms. The van der Waals surface area contributed by atoms with Gasteiger partial charge in [-0.25, -0.2) is 4.79 Å². The largest absolute Gasteiger partial charge is 0.462 e. The number of esters is 1. The lowest BCUT2D eigenvalue weighted by atomic mass is 10.2. The van der Waals surface area contributed by atoms with E-state index in [0.717, 1.165) is 17.4 Å². The number of thiazole rings is 1. The Balaban J connectivity index is 2.13. The maximum absolute atomic E-state index is 12.7. The van der Waals surface area contributed by atoms with E-state index >= 15 is 0 Å². The number of fused-ring (bicyclic) bond motifs is 1. The second-order valence-corrected chi connectivity index (χ2v) is 7.33. The third kappa shape index (κ3) is 4.25. The third-order valence-electron chi connectivity index (χ3n) is 4.03. The maximum atomic E-state index is 12.7. The minimum absolute atomic E-state index is 0.0450. The summed E-state index contributed by atoms with van der Waals surface area (Å²) in [5, 5.41) is 11.0. The van der Waals surface area contributed by atoms with Crippen molar-refractivity contribution in [3.05, 3.63) is 67.5 Å². The van der Waals surface area contributed by atoms with Crippen LogP contribution in [0.1, 0.15) is 27.6 Å². The number of aromatic nitrogens is 1. The van der Waals surface area contributed by atoms with E-state index < -0.39 is 16.8 Å². The monoisotopic (exact) mass is 443 g/mol. The summed E-state index contributed by atoms with van der Waals surface area (Å²) >= 11 is 7.18. The Kier molecular flexibility index (Phi) is 6.30. The molecule has 0 saturated carbocycles. The molecule has 8 nitrogen and oxygen atoms in total. The number of ether oxygens (including phenoxy) is 1. The van der Waals surface area contributed by atoms with E-state index in [1.165, 1.54) is 12.1 Å². The zero-order valence-corrected chi connectivity index (χ0v) is 17.2. The van der Waals surface area contributed by atoms with E-state index in [2.05, 4.69) is 10.9 Å². The molecule has 3 rings (SSSR count). The second kappa shape index (κ2) is 8.90. The second-order valence-electron chi connectivity index (χ2n) is 5.92. The van der Waals surface area contributed by atoms with Crippen molar-refractivity contribution in [3.63, 3.8) is 0 Å². The lowest BCUT2D eigenvalue weighted by molar-refractivity contribution is -0.384. The molecular formula is C20H14ClN3O5S. The Bertz CT molecular complexity index is 1290. The predicted molar refractivity (Wildman–Crippen MR) is 113 cm³/mol. The number of nitro groups is 1. The minimum Gasteiger partial charge on any atom is -0.462 e. The fraction of sp³-hybridized carbons (Fsp3) is 0.150. The fourth-order valence-electron chi connectivity index (χ4n) is 2.68. The Morgan fingerprint density at radius 2 is 2.10 bits per heavy atom. The minimum atomic E-state index is -0.744. The van der Waals surface area contributed by atoms with Gasteiger partial charge in [0.05, 0.1) is 44.4 Å². The SMILES string of the molecule is C#CCn1c(=NC(=O)c2cc([N+](=O)[O-])ccc2Cl)sc2cc(C(=O)OCC)ccc21. The molecule has 30 heavy (non-hydrogen) atoms. The van der Waals surface area contributed by atoms with Crippen molar-refractivity contribution in [1.29, 1.82) is 0 Å². The summed E-state index contributed by atoms with van der Waals surface area (Å²) in [4.78, 5) is 39.4. The van der Waals surface area contributed by atoms with Gasteiger partial charge in [0, 0.05) is 12.1 Å². The van der Waals surface area contributed by atoms with Crippen molar-refractivity contribution in [2.45, 2.75) is 13.5 Å². The molecule has 0 atom stereocenters. The Labute approximate surface area is 179 Å². The zero-order chi connectivity index (χ0) is 21.8. The number of rotatable bonds is 5. The van der Waals surface area contributed by atoms with Crippen molar-refractivity contribution < 1.29 is 19.2 Å². The number of non-ortho nitro benzene ring substituents is 1. The van der Waals surface area contributed by atoms with Gasteiger partial charge < -0.3 is 9.30 Å². The number of hydrogen-bond donors (Lipinski definition) is 0. The van der Waals surface area contributed by atoms with Gasteiger partial charge in [0.15, 0.2) is 4.80 Å². The van der Waals surface area contributed by atoms with Gasteiger partial charge in [0.25, 0.3) is 11.6 Å². The molecule has 0 unspecified atom stereocenters. The maximum Gasteiger partial charge on any atom is 0.338 e. The van der Waals surface area contributed by atoms with E-state index in [1.54, 1.807) is 29.7 Å². The summed E-state index contributed by atoms with van der Waals surface area (Å²) in [6.07, 6.45) is 5.45. The number of carbonyl (C=O) groups excluding carboxylic acids is 2. The van der Waals surface area contributed by atoms with Crippen LogP contribution in [-0.2, 0) is 11.3 Å². The first kappa shape index (κ1) is 21.2. The van der Waals surface area contributed by atoms with Gasteiger partial charge in [-0.05, 0) is 31.2 Å². The molecule has 1 amide bonds. The van der Waals surface area contributed by atoms with Crippen LogP contribution in [-0.4, -0.2) is 28.0 Å². The fourth-order valence-corrected chi connectivity index (χ4v) is 3.95. The van der Waals surface area contributed by atoms with Crippen molar-refractivity contribution in [1.82, 2.24) is 4.57 Å². The van der Waals surface area contributed by atoms with Gasteiger partial charge in [-0.1, -0.05) is 28.9 Å². The van der Waals surface area contributed by atoms with Gasteiger partial charge in [0.2, 0.25) is 0 Å². The Morgan fingerprint density at radius 3 is 2.77 bits per heavy atom. The first-order valence-corrected chi connectivity index (χ1v) is 9.82. The van der Waals surface area contributed by atoms with Crippen LogP contribution in [0.25, 0.3) is 10.2 Å². The number of carbonyl (C=O) groups is 2. The van der Waals surface area contributed by atoms with Crippen LogP contribution in [0.2, 0.25) is 5.02 Å². The number of halogens is 1. The van der Waals surface area contributed by atoms with Crippen molar-refractivity contribution >= 4 is 50.7 Å². The number of amides is 1. The van der Waals surface area contributed by atoms with Gasteiger partial charge in [0.1, 0.15) is 0 Å². The molecule has 0 aliphatic heterocycles. The highest BCUT2D eigenvalue weighted by Gasteiger charge is 2.17. The standard InChI is InChI=1S/C20H14ClN3O5S/c1-3-9-23-16-8-5-12(19(26)29-4-2)10-17(16)30-20(23)22-18(25)14-11-13(24(27)28)6-7-15(14)21/h1,5-8,10-11H,4,9H2,2H3. The Morgan fingerprint density at radius 1 is 1.33 bits per heavy atom. The summed E-state index contributed by atoms with van der Waals surface area (Å²) < 4.78 is 7.32. The van der Waals surface area contributed by atoms with Crippen LogP contribution < -0.4 is 4.80 Å². The molecule has 0 radical (unpaired) electrons. The smallest absolute Gasteiger partial charge is 0.338 e. The molecule has 2 aromatic carbocycles. The molecule has 3 aromatic rings. The van der Waals surface area contributed by atoms with Crippen LogP contribution in [0.15, 0.2) is 41.4 Å². The first-order valence-electron chi connectivity index (χ1n) is 8.62. The number of benzene rings is 2. The van der Waals surface area contributed by atoms with Gasteiger partial charge in [-0.15, -0.1) is 6.42 Å². The van der Waals surface area contributed by atoms with Crippen molar-refractivity contribution in [2.24, 2.45) is 4.99 Å². The van der Waals surface area contributed by atoms with Crippen LogP contribution in [0.3, 0.4) is 0 Å². The number of nitro benzene ring substituents is 1. The van der Waals surface area contributed by atoms with E-state index in [0.29, 0.717) is 15.8 Å². The van der Waals surface area contributed by atoms with Crippen molar-refractivity contribution in [3.8, 4) is 12.3 Å². The molecule has 1 aromatic heterocycles. The number of nitrogens with zero attached hydrogens (tertiary/aromatic N) is 3. The average molecular weight is 444 g/mol. The van der Waals surface area contributed by atoms with E-state index in [1.807, 2.05) is 0 Å². The summed E-state index contributed by atoms with van der Waals surface area (Å²) in [5.74, 6) is 1.29. The molecule has 0 aliphatic rings. The molecule has 0 fully saturated rings. The van der Waals surface area contributed by atoms with Crippen LogP contribution in [0, 0.1) is 22.5 Å².